The lowest BCUT2D eigenvalue weighted by atomic mass is 10.1. The van der Waals surface area contributed by atoms with Gasteiger partial charge in [-0.15, -0.1) is 0 Å². The average molecular weight is 323 g/mol. The van der Waals surface area contributed by atoms with Crippen LogP contribution in [0.5, 0.6) is 5.75 Å². The van der Waals surface area contributed by atoms with Crippen molar-refractivity contribution in [3.63, 3.8) is 0 Å². The molecule has 0 saturated carbocycles. The molecule has 3 N–H and O–H groups in total. The van der Waals surface area contributed by atoms with Crippen molar-refractivity contribution in [1.29, 1.82) is 5.41 Å². The largest absolute Gasteiger partial charge is 0.489 e. The SMILES string of the molecule is N=C(N)c1cc(F)cc(COc2ccc(Br)cc2)c1. The number of nitrogen functional groups attached to an aromatic ring is 1. The molecule has 0 radical (unpaired) electrons. The third kappa shape index (κ3) is 3.79. The van der Waals surface area contributed by atoms with E-state index in [9.17, 15) is 4.39 Å². The molecule has 0 amide bonds. The fraction of sp³-hybridized carbons (Fsp3) is 0.0714. The lowest BCUT2D eigenvalue weighted by molar-refractivity contribution is 0.305. The first-order valence-corrected chi connectivity index (χ1v) is 6.36. The Bertz CT molecular complexity index is 599. The highest BCUT2D eigenvalue weighted by atomic mass is 79.9. The van der Waals surface area contributed by atoms with E-state index in [-0.39, 0.29) is 12.4 Å². The molecule has 0 unspecified atom stereocenters. The van der Waals surface area contributed by atoms with Crippen LogP contribution in [-0.4, -0.2) is 5.84 Å². The van der Waals surface area contributed by atoms with E-state index in [2.05, 4.69) is 15.9 Å². The second-order valence-corrected chi connectivity index (χ2v) is 4.92. The minimum absolute atomic E-state index is 0.163. The van der Waals surface area contributed by atoms with Gasteiger partial charge in [0.05, 0.1) is 0 Å². The maximum Gasteiger partial charge on any atom is 0.124 e. The number of benzene rings is 2. The van der Waals surface area contributed by atoms with Gasteiger partial charge in [-0.25, -0.2) is 4.39 Å². The average Bonchev–Trinajstić information content (AvgIpc) is 2.37. The first kappa shape index (κ1) is 13.5. The molecule has 0 spiro atoms. The molecule has 0 atom stereocenters. The number of hydrogen-bond acceptors (Lipinski definition) is 2. The molecule has 5 heteroatoms. The zero-order valence-corrected chi connectivity index (χ0v) is 11.6. The van der Waals surface area contributed by atoms with Gasteiger partial charge in [-0.05, 0) is 48.0 Å². The molecular formula is C14H12BrFN2O. The van der Waals surface area contributed by atoms with Gasteiger partial charge in [0.25, 0.3) is 0 Å². The summed E-state index contributed by atoms with van der Waals surface area (Å²) in [5.41, 5.74) is 6.33. The van der Waals surface area contributed by atoms with Gasteiger partial charge in [-0.1, -0.05) is 15.9 Å². The second-order valence-electron chi connectivity index (χ2n) is 4.00. The zero-order chi connectivity index (χ0) is 13.8. The summed E-state index contributed by atoms with van der Waals surface area (Å²) in [6.07, 6.45) is 0. The van der Waals surface area contributed by atoms with E-state index in [1.54, 1.807) is 6.07 Å². The number of nitrogens with one attached hydrogen (secondary N) is 1. The second kappa shape index (κ2) is 5.84. The van der Waals surface area contributed by atoms with Crippen LogP contribution in [0.2, 0.25) is 0 Å². The Balaban J connectivity index is 2.11. The summed E-state index contributed by atoms with van der Waals surface area (Å²) >= 11 is 3.33. The van der Waals surface area contributed by atoms with Gasteiger partial charge in [0.2, 0.25) is 0 Å². The third-order valence-electron chi connectivity index (χ3n) is 2.49. The molecule has 0 aliphatic heterocycles. The van der Waals surface area contributed by atoms with Crippen molar-refractivity contribution in [2.75, 3.05) is 0 Å². The Morgan fingerprint density at radius 1 is 1.21 bits per heavy atom. The fourth-order valence-electron chi connectivity index (χ4n) is 1.59. The smallest absolute Gasteiger partial charge is 0.124 e. The standard InChI is InChI=1S/C14H12BrFN2O/c15-11-1-3-13(4-2-11)19-8-9-5-10(14(17)18)7-12(16)6-9/h1-7H,8H2,(H3,17,18). The van der Waals surface area contributed by atoms with Crippen LogP contribution in [0.15, 0.2) is 46.9 Å². The van der Waals surface area contributed by atoms with Gasteiger partial charge in [0.1, 0.15) is 24.0 Å². The molecule has 19 heavy (non-hydrogen) atoms. The molecule has 2 aromatic carbocycles. The van der Waals surface area contributed by atoms with Gasteiger partial charge >= 0.3 is 0 Å². The molecule has 0 aliphatic rings. The molecule has 0 bridgehead atoms. The molecule has 98 valence electrons. The van der Waals surface area contributed by atoms with Crippen molar-refractivity contribution >= 4 is 21.8 Å². The highest BCUT2D eigenvalue weighted by Gasteiger charge is 2.04. The number of ether oxygens (including phenoxy) is 1. The van der Waals surface area contributed by atoms with E-state index in [0.717, 1.165) is 4.47 Å². The highest BCUT2D eigenvalue weighted by molar-refractivity contribution is 9.10. The summed E-state index contributed by atoms with van der Waals surface area (Å²) in [6, 6.07) is 11.6. The van der Waals surface area contributed by atoms with E-state index in [4.69, 9.17) is 15.9 Å². The Hall–Kier alpha value is -1.88. The summed E-state index contributed by atoms with van der Waals surface area (Å²) in [4.78, 5) is 0. The zero-order valence-electron chi connectivity index (χ0n) is 9.99. The van der Waals surface area contributed by atoms with Gasteiger partial charge < -0.3 is 10.5 Å². The summed E-state index contributed by atoms with van der Waals surface area (Å²) in [6.45, 7) is 0.222. The van der Waals surface area contributed by atoms with Crippen molar-refractivity contribution in [3.8, 4) is 5.75 Å². The topological polar surface area (TPSA) is 59.1 Å². The number of halogens is 2. The molecule has 0 fully saturated rings. The Kier molecular flexibility index (Phi) is 4.16. The normalized spacial score (nSPS) is 10.2. The molecular weight excluding hydrogens is 311 g/mol. The van der Waals surface area contributed by atoms with E-state index >= 15 is 0 Å². The van der Waals surface area contributed by atoms with Crippen molar-refractivity contribution in [1.82, 2.24) is 0 Å². The Morgan fingerprint density at radius 2 is 1.89 bits per heavy atom. The van der Waals surface area contributed by atoms with Gasteiger partial charge in [-0.2, -0.15) is 0 Å². The van der Waals surface area contributed by atoms with Gasteiger partial charge in [0, 0.05) is 10.0 Å². The third-order valence-corrected chi connectivity index (χ3v) is 3.02. The minimum atomic E-state index is -0.429. The summed E-state index contributed by atoms with van der Waals surface area (Å²) in [5, 5.41) is 7.31. The van der Waals surface area contributed by atoms with Gasteiger partial charge in [-0.3, -0.25) is 5.41 Å². The van der Waals surface area contributed by atoms with Gasteiger partial charge in [0.15, 0.2) is 0 Å². The summed E-state index contributed by atoms with van der Waals surface area (Å²) < 4.78 is 19.9. The Labute approximate surface area is 118 Å². The number of rotatable bonds is 4. The van der Waals surface area contributed by atoms with Crippen LogP contribution in [0.4, 0.5) is 4.39 Å². The lowest BCUT2D eigenvalue weighted by Crippen LogP contribution is -2.12. The first-order chi connectivity index (χ1) is 9.04. The van der Waals surface area contributed by atoms with Crippen LogP contribution in [0, 0.1) is 11.2 Å². The van der Waals surface area contributed by atoms with Crippen LogP contribution in [0.3, 0.4) is 0 Å². The van der Waals surface area contributed by atoms with Crippen molar-refractivity contribution in [3.05, 3.63) is 63.9 Å². The quantitative estimate of drug-likeness (QED) is 0.669. The maximum atomic E-state index is 13.4. The summed E-state index contributed by atoms with van der Waals surface area (Å²) in [7, 11) is 0. The Morgan fingerprint density at radius 3 is 2.53 bits per heavy atom. The predicted octanol–water partition coefficient (Wildman–Crippen LogP) is 3.45. The fourth-order valence-corrected chi connectivity index (χ4v) is 1.85. The number of nitrogens with two attached hydrogens (primary N) is 1. The van der Waals surface area contributed by atoms with Crippen LogP contribution in [0.25, 0.3) is 0 Å². The number of hydrogen-bond donors (Lipinski definition) is 2. The molecule has 2 rings (SSSR count). The van der Waals surface area contributed by atoms with Crippen molar-refractivity contribution in [2.45, 2.75) is 6.61 Å². The van der Waals surface area contributed by atoms with Crippen LogP contribution in [0.1, 0.15) is 11.1 Å². The van der Waals surface area contributed by atoms with Crippen LogP contribution >= 0.6 is 15.9 Å². The number of amidine groups is 1. The van der Waals surface area contributed by atoms with E-state index in [1.165, 1.54) is 12.1 Å². The van der Waals surface area contributed by atoms with Crippen LogP contribution < -0.4 is 10.5 Å². The van der Waals surface area contributed by atoms with E-state index in [0.29, 0.717) is 16.9 Å². The molecule has 3 nitrogen and oxygen atoms in total. The first-order valence-electron chi connectivity index (χ1n) is 5.57. The molecule has 0 saturated heterocycles. The highest BCUT2D eigenvalue weighted by Crippen LogP contribution is 2.18. The maximum absolute atomic E-state index is 13.4. The van der Waals surface area contributed by atoms with E-state index in [1.807, 2.05) is 24.3 Å². The van der Waals surface area contributed by atoms with E-state index < -0.39 is 5.82 Å². The molecule has 2 aromatic rings. The molecule has 0 aromatic heterocycles. The van der Waals surface area contributed by atoms with Crippen molar-refractivity contribution in [2.24, 2.45) is 5.73 Å². The lowest BCUT2D eigenvalue weighted by Gasteiger charge is -2.08. The minimum Gasteiger partial charge on any atom is -0.489 e. The predicted molar refractivity (Wildman–Crippen MR) is 75.9 cm³/mol. The van der Waals surface area contributed by atoms with Crippen LogP contribution in [-0.2, 0) is 6.61 Å². The summed E-state index contributed by atoms with van der Waals surface area (Å²) in [5.74, 6) is 0.100. The molecule has 0 heterocycles. The molecule has 0 aliphatic carbocycles. The monoisotopic (exact) mass is 322 g/mol. The van der Waals surface area contributed by atoms with Crippen molar-refractivity contribution < 1.29 is 9.13 Å².